The summed E-state index contributed by atoms with van der Waals surface area (Å²) in [6.45, 7) is 2.00. The molecule has 0 aliphatic heterocycles. The maximum absolute atomic E-state index is 12.5. The number of fused-ring (bicyclic) bond motifs is 2. The van der Waals surface area contributed by atoms with Crippen LogP contribution >= 0.6 is 0 Å². The Morgan fingerprint density at radius 3 is 2.75 bits per heavy atom. The van der Waals surface area contributed by atoms with Crippen molar-refractivity contribution < 1.29 is 9.53 Å². The first-order valence-electron chi connectivity index (χ1n) is 7.31. The molecule has 4 atom stereocenters. The van der Waals surface area contributed by atoms with Gasteiger partial charge in [-0.1, -0.05) is 6.07 Å². The second kappa shape index (κ2) is 5.09. The number of nitrogens with one attached hydrogen (secondary N) is 1. The molecule has 0 aromatic heterocycles. The highest BCUT2D eigenvalue weighted by Gasteiger charge is 2.49. The summed E-state index contributed by atoms with van der Waals surface area (Å²) in [5.41, 5.74) is 8.06. The number of nitrogens with two attached hydrogens (primary N) is 1. The van der Waals surface area contributed by atoms with E-state index in [1.54, 1.807) is 7.11 Å². The lowest BCUT2D eigenvalue weighted by molar-refractivity contribution is -0.121. The minimum absolute atomic E-state index is 0.0187. The van der Waals surface area contributed by atoms with Gasteiger partial charge in [-0.05, 0) is 55.7 Å². The van der Waals surface area contributed by atoms with Gasteiger partial charge in [0.25, 0.3) is 0 Å². The number of methoxy groups -OCH3 is 1. The quantitative estimate of drug-likeness (QED) is 0.889. The second-order valence-corrected chi connectivity index (χ2v) is 6.13. The predicted molar refractivity (Wildman–Crippen MR) is 78.7 cm³/mol. The normalized spacial score (nSPS) is 31.4. The largest absolute Gasteiger partial charge is 0.495 e. The number of rotatable bonds is 3. The van der Waals surface area contributed by atoms with E-state index < -0.39 is 0 Å². The number of anilines is 1. The van der Waals surface area contributed by atoms with Crippen molar-refractivity contribution in [3.05, 3.63) is 23.8 Å². The molecule has 0 radical (unpaired) electrons. The molecule has 2 aliphatic carbocycles. The van der Waals surface area contributed by atoms with Gasteiger partial charge in [0, 0.05) is 6.04 Å². The molecule has 4 unspecified atom stereocenters. The number of aryl methyl sites for hydroxylation is 1. The molecule has 2 bridgehead atoms. The van der Waals surface area contributed by atoms with E-state index in [9.17, 15) is 4.79 Å². The Bertz CT molecular complexity index is 527. The van der Waals surface area contributed by atoms with Gasteiger partial charge < -0.3 is 15.8 Å². The van der Waals surface area contributed by atoms with E-state index in [4.69, 9.17) is 10.5 Å². The first-order valence-corrected chi connectivity index (χ1v) is 7.31. The van der Waals surface area contributed by atoms with Crippen molar-refractivity contribution >= 4 is 11.6 Å². The van der Waals surface area contributed by atoms with Crippen molar-refractivity contribution in [2.24, 2.45) is 23.5 Å². The molecule has 1 aromatic rings. The third-order valence-electron chi connectivity index (χ3n) is 4.90. The molecule has 2 aliphatic rings. The van der Waals surface area contributed by atoms with Gasteiger partial charge in [-0.3, -0.25) is 4.79 Å². The van der Waals surface area contributed by atoms with Crippen LogP contribution in [0.25, 0.3) is 0 Å². The van der Waals surface area contributed by atoms with Crippen LogP contribution in [0.1, 0.15) is 24.8 Å². The van der Waals surface area contributed by atoms with E-state index in [1.807, 2.05) is 25.1 Å². The molecule has 20 heavy (non-hydrogen) atoms. The Morgan fingerprint density at radius 2 is 2.10 bits per heavy atom. The molecule has 4 nitrogen and oxygen atoms in total. The number of carbonyl (C=O) groups is 1. The number of carbonyl (C=O) groups excluding carboxylic acids is 1. The summed E-state index contributed by atoms with van der Waals surface area (Å²) in [5.74, 6) is 1.71. The lowest BCUT2D eigenvalue weighted by atomic mass is 9.84. The second-order valence-electron chi connectivity index (χ2n) is 6.13. The number of ether oxygens (including phenoxy) is 1. The highest BCUT2D eigenvalue weighted by atomic mass is 16.5. The highest BCUT2D eigenvalue weighted by molar-refractivity contribution is 5.95. The fourth-order valence-corrected chi connectivity index (χ4v) is 3.84. The molecule has 1 aromatic carbocycles. The molecule has 1 amide bonds. The SMILES string of the molecule is COc1cc(C)ccc1NC(=O)C1C2CCC(C2)C1N. The summed E-state index contributed by atoms with van der Waals surface area (Å²) in [7, 11) is 1.62. The Kier molecular flexibility index (Phi) is 3.42. The zero-order valence-electron chi connectivity index (χ0n) is 12.1. The number of hydrogen-bond donors (Lipinski definition) is 2. The van der Waals surface area contributed by atoms with Crippen LogP contribution in [0.5, 0.6) is 5.75 Å². The molecule has 0 heterocycles. The average Bonchev–Trinajstić information content (AvgIpc) is 3.01. The third-order valence-corrected chi connectivity index (χ3v) is 4.90. The summed E-state index contributed by atoms with van der Waals surface area (Å²) in [5, 5.41) is 3.00. The minimum atomic E-state index is -0.0419. The van der Waals surface area contributed by atoms with Gasteiger partial charge in [-0.15, -0.1) is 0 Å². The smallest absolute Gasteiger partial charge is 0.229 e. The zero-order chi connectivity index (χ0) is 14.3. The minimum Gasteiger partial charge on any atom is -0.495 e. The van der Waals surface area contributed by atoms with Crippen molar-refractivity contribution in [2.75, 3.05) is 12.4 Å². The van der Waals surface area contributed by atoms with E-state index >= 15 is 0 Å². The zero-order valence-corrected chi connectivity index (χ0v) is 12.1. The predicted octanol–water partition coefficient (Wildman–Crippen LogP) is 2.32. The Labute approximate surface area is 119 Å². The lowest BCUT2D eigenvalue weighted by Gasteiger charge is -2.27. The topological polar surface area (TPSA) is 64.3 Å². The van der Waals surface area contributed by atoms with Crippen LogP contribution in [-0.4, -0.2) is 19.1 Å². The van der Waals surface area contributed by atoms with Crippen LogP contribution in [0.2, 0.25) is 0 Å². The number of benzene rings is 1. The first-order chi connectivity index (χ1) is 9.60. The van der Waals surface area contributed by atoms with E-state index in [0.29, 0.717) is 17.6 Å². The maximum Gasteiger partial charge on any atom is 0.229 e. The van der Waals surface area contributed by atoms with E-state index in [1.165, 1.54) is 6.42 Å². The average molecular weight is 274 g/mol. The summed E-state index contributed by atoms with van der Waals surface area (Å²) >= 11 is 0. The van der Waals surface area contributed by atoms with E-state index in [0.717, 1.165) is 24.1 Å². The lowest BCUT2D eigenvalue weighted by Crippen LogP contribution is -2.42. The van der Waals surface area contributed by atoms with Gasteiger partial charge in [0.1, 0.15) is 5.75 Å². The first kappa shape index (κ1) is 13.4. The summed E-state index contributed by atoms with van der Waals surface area (Å²) in [6.07, 6.45) is 3.44. The molecule has 3 rings (SSSR count). The fourth-order valence-electron chi connectivity index (χ4n) is 3.84. The van der Waals surface area contributed by atoms with Crippen molar-refractivity contribution in [2.45, 2.75) is 32.2 Å². The monoisotopic (exact) mass is 274 g/mol. The third kappa shape index (κ3) is 2.18. The van der Waals surface area contributed by atoms with Crippen LogP contribution in [0.3, 0.4) is 0 Å². The van der Waals surface area contributed by atoms with Gasteiger partial charge in [0.05, 0.1) is 18.7 Å². The number of amides is 1. The molecule has 2 fully saturated rings. The van der Waals surface area contributed by atoms with Gasteiger partial charge in [0.15, 0.2) is 0 Å². The van der Waals surface area contributed by atoms with Gasteiger partial charge in [-0.2, -0.15) is 0 Å². The Balaban J connectivity index is 1.76. The molecule has 3 N–H and O–H groups in total. The molecule has 0 saturated heterocycles. The molecule has 108 valence electrons. The van der Waals surface area contributed by atoms with Crippen LogP contribution in [0.15, 0.2) is 18.2 Å². The van der Waals surface area contributed by atoms with Gasteiger partial charge in [-0.25, -0.2) is 0 Å². The Morgan fingerprint density at radius 1 is 1.35 bits per heavy atom. The van der Waals surface area contributed by atoms with Crippen molar-refractivity contribution in [3.8, 4) is 5.75 Å². The molecule has 0 spiro atoms. The fraction of sp³-hybridized carbons (Fsp3) is 0.562. The summed E-state index contributed by atoms with van der Waals surface area (Å²) < 4.78 is 5.33. The van der Waals surface area contributed by atoms with Crippen LogP contribution < -0.4 is 15.8 Å². The maximum atomic E-state index is 12.5. The molecular weight excluding hydrogens is 252 g/mol. The molecule has 2 saturated carbocycles. The standard InChI is InChI=1S/C16H22N2O2/c1-9-3-6-12(13(7-9)20-2)18-16(19)14-10-4-5-11(8-10)15(14)17/h3,6-7,10-11,14-15H,4-5,8,17H2,1-2H3,(H,18,19). The van der Waals surface area contributed by atoms with E-state index in [-0.39, 0.29) is 17.9 Å². The van der Waals surface area contributed by atoms with Gasteiger partial charge in [0.2, 0.25) is 5.91 Å². The highest BCUT2D eigenvalue weighted by Crippen LogP contribution is 2.48. The van der Waals surface area contributed by atoms with Crippen molar-refractivity contribution in [3.63, 3.8) is 0 Å². The van der Waals surface area contributed by atoms with Crippen LogP contribution in [0, 0.1) is 24.7 Å². The summed E-state index contributed by atoms with van der Waals surface area (Å²) in [6, 6.07) is 5.81. The number of hydrogen-bond acceptors (Lipinski definition) is 3. The molecular formula is C16H22N2O2. The van der Waals surface area contributed by atoms with Crippen LogP contribution in [-0.2, 0) is 4.79 Å². The summed E-state index contributed by atoms with van der Waals surface area (Å²) in [4.78, 5) is 12.5. The van der Waals surface area contributed by atoms with Crippen molar-refractivity contribution in [1.82, 2.24) is 0 Å². The van der Waals surface area contributed by atoms with Crippen molar-refractivity contribution in [1.29, 1.82) is 0 Å². The Hall–Kier alpha value is -1.55. The van der Waals surface area contributed by atoms with Gasteiger partial charge >= 0.3 is 0 Å². The molecule has 4 heteroatoms. The van der Waals surface area contributed by atoms with E-state index in [2.05, 4.69) is 5.32 Å². The van der Waals surface area contributed by atoms with Crippen LogP contribution in [0.4, 0.5) is 5.69 Å².